The second-order valence-electron chi connectivity index (χ2n) is 36.0. The van der Waals surface area contributed by atoms with Crippen LogP contribution in [0.1, 0.15) is 200 Å². The molecule has 12 rings (SSSR count). The molecule has 548 valence electrons. The lowest BCUT2D eigenvalue weighted by Gasteiger charge is -2.39. The van der Waals surface area contributed by atoms with Crippen LogP contribution in [0.5, 0.6) is 11.5 Å². The summed E-state index contributed by atoms with van der Waals surface area (Å²) in [7, 11) is -3.98. The highest BCUT2D eigenvalue weighted by Crippen LogP contribution is 2.64. The zero-order chi connectivity index (χ0) is 75.9. The first-order valence-corrected chi connectivity index (χ1v) is 40.7. The fraction of sp³-hybridized carbons (Fsp3) is 0.308. The molecule has 0 amide bonds. The van der Waals surface area contributed by atoms with Crippen molar-refractivity contribution in [3.63, 3.8) is 0 Å². The first-order valence-electron chi connectivity index (χ1n) is 39.1. The number of rotatable bonds is 30. The minimum absolute atomic E-state index is 0.260. The summed E-state index contributed by atoms with van der Waals surface area (Å²) in [6.45, 7) is 39.1. The molecule has 0 N–H and O–H groups in total. The van der Waals surface area contributed by atoms with E-state index in [2.05, 4.69) is 426 Å². The molecular weight excluding hydrogens is 1310 g/mol. The first-order chi connectivity index (χ1) is 50.9. The van der Waals surface area contributed by atoms with Crippen molar-refractivity contribution < 1.29 is 9.05 Å². The van der Waals surface area contributed by atoms with E-state index < -0.39 is 29.4 Å². The van der Waals surface area contributed by atoms with Gasteiger partial charge in [-0.25, -0.2) is 0 Å². The van der Waals surface area contributed by atoms with Crippen LogP contribution in [0.3, 0.4) is 0 Å². The van der Waals surface area contributed by atoms with E-state index in [-0.39, 0.29) is 21.7 Å². The van der Waals surface area contributed by atoms with E-state index in [1.807, 2.05) is 0 Å². The molecular formula is C104H116O2P+. The van der Waals surface area contributed by atoms with Crippen molar-refractivity contribution in [1.82, 2.24) is 0 Å². The third-order valence-electron chi connectivity index (χ3n) is 23.0. The lowest BCUT2D eigenvalue weighted by Crippen LogP contribution is -2.42. The monoisotopic (exact) mass is 1430 g/mol. The maximum atomic E-state index is 9.19. The van der Waals surface area contributed by atoms with Crippen molar-refractivity contribution in [2.75, 3.05) is 0 Å². The summed E-state index contributed by atoms with van der Waals surface area (Å²) in [5.41, 5.74) is 17.0. The van der Waals surface area contributed by atoms with Gasteiger partial charge in [-0.1, -0.05) is 402 Å². The van der Waals surface area contributed by atoms with Crippen LogP contribution in [0.15, 0.2) is 315 Å². The van der Waals surface area contributed by atoms with Crippen molar-refractivity contribution in [2.24, 2.45) is 0 Å². The van der Waals surface area contributed by atoms with E-state index in [4.69, 9.17) is 0 Å². The third-order valence-corrected chi connectivity index (χ3v) is 26.0. The third kappa shape index (κ3) is 18.5. The summed E-state index contributed by atoms with van der Waals surface area (Å²) in [5, 5.41) is 2.15. The smallest absolute Gasteiger partial charge is 0.298 e. The van der Waals surface area contributed by atoms with Gasteiger partial charge in [0.25, 0.3) is 0 Å². The molecule has 0 aliphatic rings. The molecule has 0 aliphatic heterocycles. The Morgan fingerprint density at radius 1 is 0.187 bits per heavy atom. The second kappa shape index (κ2) is 31.9. The first kappa shape index (κ1) is 77.3. The van der Waals surface area contributed by atoms with Gasteiger partial charge in [0.05, 0.1) is 0 Å². The second-order valence-corrected chi connectivity index (χ2v) is 38.4. The molecule has 0 bridgehead atoms. The molecule has 0 atom stereocenters. The summed E-state index contributed by atoms with van der Waals surface area (Å²) in [4.78, 5) is 0. The number of hydrogen-bond acceptors (Lipinski definition) is 2. The van der Waals surface area contributed by atoms with Crippen LogP contribution in [0.25, 0.3) is 0 Å². The minimum atomic E-state index is -3.98. The van der Waals surface area contributed by atoms with E-state index >= 15 is 0 Å². The molecule has 0 unspecified atom stereocenters. The fourth-order valence-corrected chi connectivity index (χ4v) is 20.4. The fourth-order valence-electron chi connectivity index (χ4n) is 16.9. The Bertz CT molecular complexity index is 4560. The standard InChI is InChI=1S/C104H116O2P/c1-97(2,69-77-41-25-17-26-42-77)85-57-61-93(89(65-85)101(9,10)73-81-49-33-21-34-50-81)105-107(95-63-59-87(99(5,6)71-79-45-29-19-30-46-79)67-91(95)103(13,14)75-83-53-37-23-38-54-83,96-64-60-88(100(7,8)72-80-47-31-20-32-48-80)68-92(96)104(15,16)76-84-55-39-24-40-56-84)106-94-62-58-86(98(3,4)70-78-43-27-18-28-44-78)66-90(94)102(11,12)74-82-51-35-22-36-52-82/h17-68H,69-76H2,1-16H3/q+1. The average Bonchev–Trinajstić information content (AvgIpc) is 0.713. The Hall–Kier alpha value is -9.33. The molecule has 2 nitrogen and oxygen atoms in total. The van der Waals surface area contributed by atoms with Gasteiger partial charge in [-0.2, -0.15) is 0 Å². The Morgan fingerprint density at radius 2 is 0.355 bits per heavy atom. The summed E-state index contributed by atoms with van der Waals surface area (Å²) < 4.78 is 18.4. The molecule has 0 aliphatic carbocycles. The Kier molecular flexibility index (Phi) is 23.0. The maximum absolute atomic E-state index is 9.19. The Labute approximate surface area is 644 Å². The molecule has 12 aromatic carbocycles. The molecule has 107 heavy (non-hydrogen) atoms. The van der Waals surface area contributed by atoms with Gasteiger partial charge in [-0.15, -0.1) is 0 Å². The predicted molar refractivity (Wildman–Crippen MR) is 459 cm³/mol. The summed E-state index contributed by atoms with van der Waals surface area (Å²) in [6, 6.07) is 118. The molecule has 0 spiro atoms. The van der Waals surface area contributed by atoms with E-state index in [0.717, 1.165) is 84.6 Å². The van der Waals surface area contributed by atoms with Crippen LogP contribution in [-0.4, -0.2) is 0 Å². The summed E-state index contributed by atoms with van der Waals surface area (Å²) >= 11 is 0. The zero-order valence-electron chi connectivity index (χ0n) is 66.9. The number of benzene rings is 12. The topological polar surface area (TPSA) is 18.5 Å². The van der Waals surface area contributed by atoms with Gasteiger partial charge in [0, 0.05) is 22.3 Å². The summed E-state index contributed by atoms with van der Waals surface area (Å²) in [5.74, 6) is 1.65. The molecule has 12 aromatic rings. The lowest BCUT2D eigenvalue weighted by atomic mass is 9.74. The maximum Gasteiger partial charge on any atom is 0.429 e. The average molecular weight is 1430 g/mol. The van der Waals surface area contributed by atoms with Crippen molar-refractivity contribution in [1.29, 1.82) is 0 Å². The Balaban J connectivity index is 1.25. The molecule has 0 saturated heterocycles. The normalized spacial score (nSPS) is 12.8. The lowest BCUT2D eigenvalue weighted by molar-refractivity contribution is 0.436. The quantitative estimate of drug-likeness (QED) is 0.0418. The molecule has 0 aromatic heterocycles. The highest BCUT2D eigenvalue weighted by molar-refractivity contribution is 7.82. The van der Waals surface area contributed by atoms with Gasteiger partial charge in [-0.3, -0.25) is 9.05 Å². The minimum Gasteiger partial charge on any atom is -0.298 e. The van der Waals surface area contributed by atoms with Gasteiger partial charge in [0.15, 0.2) is 22.1 Å². The van der Waals surface area contributed by atoms with Crippen molar-refractivity contribution in [3.8, 4) is 11.5 Å². The Morgan fingerprint density at radius 3 is 0.561 bits per heavy atom. The van der Waals surface area contributed by atoms with E-state index in [1.165, 1.54) is 77.9 Å². The molecule has 0 radical (unpaired) electrons. The van der Waals surface area contributed by atoms with E-state index in [9.17, 15) is 9.05 Å². The van der Waals surface area contributed by atoms with Crippen molar-refractivity contribution in [2.45, 2.75) is 205 Å². The highest BCUT2D eigenvalue weighted by Gasteiger charge is 2.59. The summed E-state index contributed by atoms with van der Waals surface area (Å²) in [6.07, 6.45) is 6.54. The molecule has 3 heteroatoms. The van der Waals surface area contributed by atoms with Crippen LogP contribution in [0.4, 0.5) is 0 Å². The van der Waals surface area contributed by atoms with Gasteiger partial charge < -0.3 is 0 Å². The highest BCUT2D eigenvalue weighted by atomic mass is 31.2. The van der Waals surface area contributed by atoms with Crippen molar-refractivity contribution in [3.05, 3.63) is 404 Å². The van der Waals surface area contributed by atoms with Crippen LogP contribution in [0.2, 0.25) is 0 Å². The van der Waals surface area contributed by atoms with Gasteiger partial charge in [-0.05, 0) is 186 Å². The van der Waals surface area contributed by atoms with Gasteiger partial charge in [0.1, 0.15) is 0 Å². The van der Waals surface area contributed by atoms with Crippen LogP contribution in [0, 0.1) is 0 Å². The van der Waals surface area contributed by atoms with Crippen LogP contribution < -0.4 is 19.7 Å². The van der Waals surface area contributed by atoms with E-state index in [1.54, 1.807) is 0 Å². The van der Waals surface area contributed by atoms with Gasteiger partial charge >= 0.3 is 7.72 Å². The van der Waals surface area contributed by atoms with Crippen molar-refractivity contribution >= 4 is 18.3 Å². The van der Waals surface area contributed by atoms with Gasteiger partial charge in [0.2, 0.25) is 0 Å². The molecule has 0 heterocycles. The molecule has 0 saturated carbocycles. The largest absolute Gasteiger partial charge is 0.429 e. The SMILES string of the molecule is CC(C)(Cc1ccccc1)c1ccc(O[P+](Oc2ccc(C(C)(C)Cc3ccccc3)cc2C(C)(C)Cc2ccccc2)(c2ccc(C(C)(C)Cc3ccccc3)cc2C(C)(C)Cc2ccccc2)c2ccc(C(C)(C)Cc3ccccc3)cc2C(C)(C)Cc2ccccc2)c(C(C)(C)Cc2ccccc2)c1. The molecule has 0 fully saturated rings. The predicted octanol–water partition coefficient (Wildman–Crippen LogP) is 25.8. The van der Waals surface area contributed by atoms with E-state index in [0.29, 0.717) is 0 Å². The zero-order valence-corrected chi connectivity index (χ0v) is 67.8. The number of hydrogen-bond donors (Lipinski definition) is 0. The van der Waals surface area contributed by atoms with Crippen LogP contribution >= 0.6 is 7.72 Å². The van der Waals surface area contributed by atoms with Crippen LogP contribution in [-0.2, 0) is 94.7 Å².